The molecule has 0 saturated carbocycles. The van der Waals surface area contributed by atoms with Crippen molar-refractivity contribution in [2.75, 3.05) is 19.6 Å². The molecule has 0 saturated heterocycles. The first-order valence-electron chi connectivity index (χ1n) is 7.29. The molecule has 1 rings (SSSR count). The summed E-state index contributed by atoms with van der Waals surface area (Å²) in [6.45, 7) is 9.98. The van der Waals surface area contributed by atoms with Gasteiger partial charge in [0.1, 0.15) is 0 Å². The third-order valence-corrected chi connectivity index (χ3v) is 5.37. The average Bonchev–Trinajstić information content (AvgIpc) is 2.44. The van der Waals surface area contributed by atoms with Crippen LogP contribution in [0.15, 0.2) is 23.1 Å². The van der Waals surface area contributed by atoms with Crippen molar-refractivity contribution < 1.29 is 13.5 Å². The van der Waals surface area contributed by atoms with Crippen LogP contribution in [0.3, 0.4) is 0 Å². The molecule has 0 spiro atoms. The predicted molar refractivity (Wildman–Crippen MR) is 84.7 cm³/mol. The maximum Gasteiger partial charge on any atom is 0.241 e. The highest BCUT2D eigenvalue weighted by molar-refractivity contribution is 7.89. The number of aliphatic hydroxyl groups excluding tert-OH is 1. The molecule has 120 valence electrons. The molecule has 1 aromatic carbocycles. The van der Waals surface area contributed by atoms with Gasteiger partial charge < -0.3 is 10.0 Å². The summed E-state index contributed by atoms with van der Waals surface area (Å²) in [4.78, 5) is 2.41. The molecule has 0 fully saturated rings. The molecular formula is C15H26N2O3S. The van der Waals surface area contributed by atoms with Crippen LogP contribution in [-0.2, 0) is 16.6 Å². The third kappa shape index (κ3) is 4.78. The first kappa shape index (κ1) is 18.1. The maximum atomic E-state index is 12.5. The van der Waals surface area contributed by atoms with Crippen molar-refractivity contribution in [3.05, 3.63) is 29.3 Å². The zero-order valence-corrected chi connectivity index (χ0v) is 14.1. The molecule has 0 heterocycles. The molecule has 0 aliphatic carbocycles. The van der Waals surface area contributed by atoms with Crippen LogP contribution in [0.2, 0.25) is 0 Å². The van der Waals surface area contributed by atoms with E-state index in [4.69, 9.17) is 0 Å². The normalized spacial score (nSPS) is 13.6. The summed E-state index contributed by atoms with van der Waals surface area (Å²) in [5.74, 6) is 0. The average molecular weight is 314 g/mol. The SMILES string of the molecule is CCN(CC)CC(C)NS(=O)(=O)c1cccc(CO)c1C. The number of likely N-dealkylation sites (N-methyl/N-ethyl adjacent to an activating group) is 1. The van der Waals surface area contributed by atoms with Gasteiger partial charge in [-0.3, -0.25) is 0 Å². The van der Waals surface area contributed by atoms with E-state index < -0.39 is 10.0 Å². The monoisotopic (exact) mass is 314 g/mol. The number of sulfonamides is 1. The number of rotatable bonds is 8. The molecule has 0 bridgehead atoms. The Morgan fingerprint density at radius 2 is 1.90 bits per heavy atom. The van der Waals surface area contributed by atoms with Crippen molar-refractivity contribution in [1.82, 2.24) is 9.62 Å². The van der Waals surface area contributed by atoms with Gasteiger partial charge in [-0.15, -0.1) is 0 Å². The Labute approximate surface area is 128 Å². The second-order valence-electron chi connectivity index (χ2n) is 5.21. The Bertz CT molecular complexity index is 554. The fourth-order valence-electron chi connectivity index (χ4n) is 2.36. The minimum Gasteiger partial charge on any atom is -0.392 e. The summed E-state index contributed by atoms with van der Waals surface area (Å²) in [7, 11) is -3.57. The van der Waals surface area contributed by atoms with Crippen LogP contribution in [0.4, 0.5) is 0 Å². The molecule has 0 aliphatic heterocycles. The van der Waals surface area contributed by atoms with E-state index in [-0.39, 0.29) is 17.5 Å². The number of hydrogen-bond donors (Lipinski definition) is 2. The fourth-order valence-corrected chi connectivity index (χ4v) is 3.88. The van der Waals surface area contributed by atoms with E-state index in [9.17, 15) is 13.5 Å². The second-order valence-corrected chi connectivity index (χ2v) is 6.89. The van der Waals surface area contributed by atoms with Gasteiger partial charge in [0.25, 0.3) is 0 Å². The van der Waals surface area contributed by atoms with Crippen LogP contribution in [0.5, 0.6) is 0 Å². The van der Waals surface area contributed by atoms with E-state index >= 15 is 0 Å². The van der Waals surface area contributed by atoms with Crippen LogP contribution < -0.4 is 4.72 Å². The fraction of sp³-hybridized carbons (Fsp3) is 0.600. The van der Waals surface area contributed by atoms with Crippen LogP contribution in [0, 0.1) is 6.92 Å². The van der Waals surface area contributed by atoms with E-state index in [0.717, 1.165) is 13.1 Å². The molecule has 21 heavy (non-hydrogen) atoms. The summed E-state index contributed by atoms with van der Waals surface area (Å²) < 4.78 is 27.7. The Kier molecular flexibility index (Phi) is 6.80. The molecule has 1 atom stereocenters. The topological polar surface area (TPSA) is 69.6 Å². The lowest BCUT2D eigenvalue weighted by molar-refractivity contribution is 0.280. The van der Waals surface area contributed by atoms with Crippen LogP contribution in [0.25, 0.3) is 0 Å². The summed E-state index contributed by atoms with van der Waals surface area (Å²) in [6, 6.07) is 4.78. The Hall–Kier alpha value is -0.950. The molecule has 1 aromatic rings. The zero-order chi connectivity index (χ0) is 16.0. The lowest BCUT2D eigenvalue weighted by Gasteiger charge is -2.23. The Morgan fingerprint density at radius 1 is 1.29 bits per heavy atom. The molecule has 0 radical (unpaired) electrons. The van der Waals surface area contributed by atoms with Gasteiger partial charge in [-0.1, -0.05) is 26.0 Å². The summed E-state index contributed by atoms with van der Waals surface area (Å²) >= 11 is 0. The molecule has 2 N–H and O–H groups in total. The smallest absolute Gasteiger partial charge is 0.241 e. The third-order valence-electron chi connectivity index (χ3n) is 3.64. The van der Waals surface area contributed by atoms with Crippen molar-refractivity contribution in [2.45, 2.75) is 45.2 Å². The van der Waals surface area contributed by atoms with Gasteiger partial charge in [-0.05, 0) is 44.1 Å². The Balaban J connectivity index is 2.92. The molecule has 0 amide bonds. The van der Waals surface area contributed by atoms with Gasteiger partial charge in [0, 0.05) is 12.6 Å². The predicted octanol–water partition coefficient (Wildman–Crippen LogP) is 1.50. The van der Waals surface area contributed by atoms with Crippen LogP contribution >= 0.6 is 0 Å². The number of nitrogens with one attached hydrogen (secondary N) is 1. The van der Waals surface area contributed by atoms with E-state index in [0.29, 0.717) is 17.7 Å². The number of benzene rings is 1. The highest BCUT2D eigenvalue weighted by Crippen LogP contribution is 2.19. The highest BCUT2D eigenvalue weighted by Gasteiger charge is 2.21. The van der Waals surface area contributed by atoms with Gasteiger partial charge in [-0.25, -0.2) is 13.1 Å². The first-order chi connectivity index (χ1) is 9.85. The van der Waals surface area contributed by atoms with Crippen molar-refractivity contribution in [2.24, 2.45) is 0 Å². The van der Waals surface area contributed by atoms with Gasteiger partial charge in [0.05, 0.1) is 11.5 Å². The van der Waals surface area contributed by atoms with Crippen molar-refractivity contribution in [1.29, 1.82) is 0 Å². The van der Waals surface area contributed by atoms with E-state index in [1.807, 2.05) is 6.92 Å². The zero-order valence-electron chi connectivity index (χ0n) is 13.3. The van der Waals surface area contributed by atoms with Gasteiger partial charge in [0.15, 0.2) is 0 Å². The second kappa shape index (κ2) is 7.89. The molecule has 0 aromatic heterocycles. The number of nitrogens with zero attached hydrogens (tertiary/aromatic N) is 1. The first-order valence-corrected chi connectivity index (χ1v) is 8.78. The number of hydrogen-bond acceptors (Lipinski definition) is 4. The molecule has 0 aliphatic rings. The van der Waals surface area contributed by atoms with Crippen molar-refractivity contribution >= 4 is 10.0 Å². The Morgan fingerprint density at radius 3 is 2.43 bits per heavy atom. The van der Waals surface area contributed by atoms with Crippen LogP contribution in [-0.4, -0.2) is 44.1 Å². The lowest BCUT2D eigenvalue weighted by Crippen LogP contribution is -2.42. The summed E-state index contributed by atoms with van der Waals surface area (Å²) in [6.07, 6.45) is 0. The van der Waals surface area contributed by atoms with Crippen molar-refractivity contribution in [3.63, 3.8) is 0 Å². The van der Waals surface area contributed by atoms with E-state index in [1.54, 1.807) is 25.1 Å². The van der Waals surface area contributed by atoms with Gasteiger partial charge >= 0.3 is 0 Å². The minimum atomic E-state index is -3.57. The number of aliphatic hydroxyl groups is 1. The van der Waals surface area contributed by atoms with Gasteiger partial charge in [0.2, 0.25) is 10.0 Å². The van der Waals surface area contributed by atoms with Gasteiger partial charge in [-0.2, -0.15) is 0 Å². The van der Waals surface area contributed by atoms with Crippen molar-refractivity contribution in [3.8, 4) is 0 Å². The van der Waals surface area contributed by atoms with E-state index in [1.165, 1.54) is 0 Å². The quantitative estimate of drug-likeness (QED) is 0.763. The standard InChI is InChI=1S/C15H26N2O3S/c1-5-17(6-2)10-12(3)16-21(19,20)15-9-7-8-14(11-18)13(15)4/h7-9,12,16,18H,5-6,10-11H2,1-4H3. The maximum absolute atomic E-state index is 12.5. The molecular weight excluding hydrogens is 288 g/mol. The molecule has 1 unspecified atom stereocenters. The summed E-state index contributed by atoms with van der Waals surface area (Å²) in [5.41, 5.74) is 1.23. The lowest BCUT2D eigenvalue weighted by atomic mass is 10.1. The molecule has 5 nitrogen and oxygen atoms in total. The largest absolute Gasteiger partial charge is 0.392 e. The van der Waals surface area contributed by atoms with Crippen LogP contribution in [0.1, 0.15) is 31.9 Å². The van der Waals surface area contributed by atoms with E-state index in [2.05, 4.69) is 23.5 Å². The minimum absolute atomic E-state index is 0.163. The summed E-state index contributed by atoms with van der Waals surface area (Å²) in [5, 5.41) is 9.25. The molecule has 6 heteroatoms. The highest BCUT2D eigenvalue weighted by atomic mass is 32.2.